The van der Waals surface area contributed by atoms with E-state index in [4.69, 9.17) is 4.98 Å². The summed E-state index contributed by atoms with van der Waals surface area (Å²) in [4.78, 5) is 7.36. The molecule has 0 saturated carbocycles. The highest BCUT2D eigenvalue weighted by molar-refractivity contribution is 5.84. The van der Waals surface area contributed by atoms with Crippen LogP contribution in [-0.4, -0.2) is 9.55 Å². The van der Waals surface area contributed by atoms with E-state index in [-0.39, 0.29) is 0 Å². The van der Waals surface area contributed by atoms with Crippen molar-refractivity contribution in [2.45, 2.75) is 6.92 Å². The summed E-state index contributed by atoms with van der Waals surface area (Å²) in [5, 5.41) is 0. The Kier molecular flexibility index (Phi) is 6.38. The van der Waals surface area contributed by atoms with Crippen LogP contribution >= 0.6 is 0 Å². The SMILES string of the molecule is Cc1cccc(-n2c(-c3ccc(N(c4ccccc4)c4ccc(-c5ccccc5)cc4)cc3)nc3ccccc32)c1. The second kappa shape index (κ2) is 10.6. The molecule has 0 N–H and O–H groups in total. The fourth-order valence-electron chi connectivity index (χ4n) is 5.47. The maximum atomic E-state index is 5.07. The second-order valence-corrected chi connectivity index (χ2v) is 10.2. The van der Waals surface area contributed by atoms with Crippen LogP contribution in [0.25, 0.3) is 39.2 Å². The Bertz CT molecular complexity index is 1920. The summed E-state index contributed by atoms with van der Waals surface area (Å²) in [6.07, 6.45) is 0. The zero-order valence-electron chi connectivity index (χ0n) is 22.9. The number of imidazole rings is 1. The molecule has 6 aromatic carbocycles. The Labute approximate surface area is 240 Å². The van der Waals surface area contributed by atoms with E-state index in [1.54, 1.807) is 0 Å². The molecule has 0 amide bonds. The summed E-state index contributed by atoms with van der Waals surface area (Å²) >= 11 is 0. The number of nitrogens with zero attached hydrogens (tertiary/aromatic N) is 3. The monoisotopic (exact) mass is 527 g/mol. The number of anilines is 3. The third-order valence-corrected chi connectivity index (χ3v) is 7.45. The molecular weight excluding hydrogens is 498 g/mol. The number of hydrogen-bond acceptors (Lipinski definition) is 2. The molecule has 0 bridgehead atoms. The molecule has 0 radical (unpaired) electrons. The number of benzene rings is 6. The van der Waals surface area contributed by atoms with Crippen LogP contribution in [0.5, 0.6) is 0 Å². The fourth-order valence-corrected chi connectivity index (χ4v) is 5.47. The maximum Gasteiger partial charge on any atom is 0.145 e. The van der Waals surface area contributed by atoms with Crippen LogP contribution in [0.2, 0.25) is 0 Å². The average molecular weight is 528 g/mol. The van der Waals surface area contributed by atoms with Crippen molar-refractivity contribution in [3.05, 3.63) is 163 Å². The summed E-state index contributed by atoms with van der Waals surface area (Å²) in [6.45, 7) is 2.13. The molecule has 3 heteroatoms. The molecule has 0 saturated heterocycles. The van der Waals surface area contributed by atoms with Gasteiger partial charge in [0.1, 0.15) is 5.82 Å². The van der Waals surface area contributed by atoms with Crippen LogP contribution in [0.15, 0.2) is 158 Å². The third-order valence-electron chi connectivity index (χ3n) is 7.45. The maximum absolute atomic E-state index is 5.07. The van der Waals surface area contributed by atoms with Crippen molar-refractivity contribution in [1.82, 2.24) is 9.55 Å². The van der Waals surface area contributed by atoms with Crippen LogP contribution in [0, 0.1) is 6.92 Å². The minimum Gasteiger partial charge on any atom is -0.311 e. The minimum atomic E-state index is 0.932. The summed E-state index contributed by atoms with van der Waals surface area (Å²) in [5.41, 5.74) is 11.2. The van der Waals surface area contributed by atoms with Gasteiger partial charge in [-0.2, -0.15) is 0 Å². The molecule has 7 aromatic rings. The molecule has 196 valence electrons. The third kappa shape index (κ3) is 4.79. The van der Waals surface area contributed by atoms with Gasteiger partial charge >= 0.3 is 0 Å². The van der Waals surface area contributed by atoms with Gasteiger partial charge in [0.2, 0.25) is 0 Å². The Morgan fingerprint density at radius 3 is 1.73 bits per heavy atom. The molecule has 0 aliphatic carbocycles. The average Bonchev–Trinajstić information content (AvgIpc) is 3.43. The van der Waals surface area contributed by atoms with E-state index in [1.165, 1.54) is 16.7 Å². The first kappa shape index (κ1) is 24.6. The Morgan fingerprint density at radius 2 is 1.05 bits per heavy atom. The first-order valence-corrected chi connectivity index (χ1v) is 13.9. The molecule has 0 aliphatic heterocycles. The zero-order chi connectivity index (χ0) is 27.6. The van der Waals surface area contributed by atoms with E-state index >= 15 is 0 Å². The van der Waals surface area contributed by atoms with Gasteiger partial charge < -0.3 is 4.90 Å². The first-order valence-electron chi connectivity index (χ1n) is 13.9. The molecule has 0 atom stereocenters. The van der Waals surface area contributed by atoms with Gasteiger partial charge in [-0.15, -0.1) is 0 Å². The molecule has 0 unspecified atom stereocenters. The van der Waals surface area contributed by atoms with Crippen molar-refractivity contribution in [3.63, 3.8) is 0 Å². The van der Waals surface area contributed by atoms with Gasteiger partial charge in [-0.25, -0.2) is 4.98 Å². The minimum absolute atomic E-state index is 0.932. The molecular formula is C38H29N3. The highest BCUT2D eigenvalue weighted by Crippen LogP contribution is 2.37. The van der Waals surface area contributed by atoms with Crippen molar-refractivity contribution in [2.24, 2.45) is 0 Å². The molecule has 0 aliphatic rings. The van der Waals surface area contributed by atoms with Crippen molar-refractivity contribution in [2.75, 3.05) is 4.90 Å². The summed E-state index contributed by atoms with van der Waals surface area (Å²) in [5.74, 6) is 0.932. The lowest BCUT2D eigenvalue weighted by molar-refractivity contribution is 1.10. The van der Waals surface area contributed by atoms with Crippen molar-refractivity contribution < 1.29 is 0 Å². The summed E-state index contributed by atoms with van der Waals surface area (Å²) in [6, 6.07) is 55.4. The standard InChI is InChI=1S/C38H29N3/c1-28-11-10-16-35(27-28)41-37-18-9-8-17-36(37)39-38(41)31-21-25-34(26-22-31)40(32-14-6-3-7-15-32)33-23-19-30(20-24-33)29-12-4-2-5-13-29/h2-27H,1H3. The van der Waals surface area contributed by atoms with Crippen molar-refractivity contribution in [3.8, 4) is 28.2 Å². The van der Waals surface area contributed by atoms with E-state index in [0.29, 0.717) is 0 Å². The molecule has 0 fully saturated rings. The first-order chi connectivity index (χ1) is 20.2. The van der Waals surface area contributed by atoms with Gasteiger partial charge in [-0.1, -0.05) is 84.9 Å². The molecule has 41 heavy (non-hydrogen) atoms. The van der Waals surface area contributed by atoms with Crippen LogP contribution in [0.1, 0.15) is 5.56 Å². The number of aryl methyl sites for hydroxylation is 1. The predicted molar refractivity (Wildman–Crippen MR) is 171 cm³/mol. The van der Waals surface area contributed by atoms with E-state index in [2.05, 4.69) is 168 Å². The van der Waals surface area contributed by atoms with Crippen molar-refractivity contribution >= 4 is 28.1 Å². The topological polar surface area (TPSA) is 21.1 Å². The van der Waals surface area contributed by atoms with Gasteiger partial charge in [0, 0.05) is 28.3 Å². The number of aromatic nitrogens is 2. The van der Waals surface area contributed by atoms with Crippen LogP contribution in [-0.2, 0) is 0 Å². The Hall–Kier alpha value is -5.41. The summed E-state index contributed by atoms with van der Waals surface area (Å²) < 4.78 is 2.26. The quantitative estimate of drug-likeness (QED) is 0.214. The molecule has 0 spiro atoms. The van der Waals surface area contributed by atoms with E-state index in [9.17, 15) is 0 Å². The molecule has 3 nitrogen and oxygen atoms in total. The lowest BCUT2D eigenvalue weighted by Gasteiger charge is -2.26. The van der Waals surface area contributed by atoms with Gasteiger partial charge in [0.05, 0.1) is 11.0 Å². The summed E-state index contributed by atoms with van der Waals surface area (Å²) in [7, 11) is 0. The number of rotatable bonds is 6. The fraction of sp³-hybridized carbons (Fsp3) is 0.0263. The highest BCUT2D eigenvalue weighted by Gasteiger charge is 2.17. The number of hydrogen-bond donors (Lipinski definition) is 0. The molecule has 1 heterocycles. The zero-order valence-corrected chi connectivity index (χ0v) is 22.9. The predicted octanol–water partition coefficient (Wildman–Crippen LogP) is 10.1. The van der Waals surface area contributed by atoms with Crippen LogP contribution in [0.3, 0.4) is 0 Å². The highest BCUT2D eigenvalue weighted by atomic mass is 15.1. The second-order valence-electron chi connectivity index (χ2n) is 10.2. The van der Waals surface area contributed by atoms with E-state index < -0.39 is 0 Å². The van der Waals surface area contributed by atoms with Crippen LogP contribution < -0.4 is 4.90 Å². The lowest BCUT2D eigenvalue weighted by Crippen LogP contribution is -2.09. The van der Waals surface area contributed by atoms with Gasteiger partial charge in [-0.05, 0) is 96.4 Å². The van der Waals surface area contributed by atoms with Gasteiger partial charge in [-0.3, -0.25) is 4.57 Å². The van der Waals surface area contributed by atoms with E-state index in [1.807, 2.05) is 6.07 Å². The van der Waals surface area contributed by atoms with Crippen molar-refractivity contribution in [1.29, 1.82) is 0 Å². The van der Waals surface area contributed by atoms with Gasteiger partial charge in [0.15, 0.2) is 0 Å². The Morgan fingerprint density at radius 1 is 0.488 bits per heavy atom. The molecule has 1 aromatic heterocycles. The van der Waals surface area contributed by atoms with Gasteiger partial charge in [0.25, 0.3) is 0 Å². The van der Waals surface area contributed by atoms with Crippen LogP contribution in [0.4, 0.5) is 17.1 Å². The number of para-hydroxylation sites is 3. The molecule has 7 rings (SSSR count). The smallest absolute Gasteiger partial charge is 0.145 e. The normalized spacial score (nSPS) is 11.0. The largest absolute Gasteiger partial charge is 0.311 e. The Balaban J connectivity index is 1.30. The number of fused-ring (bicyclic) bond motifs is 1. The van der Waals surface area contributed by atoms with E-state index in [0.717, 1.165) is 45.2 Å². The lowest BCUT2D eigenvalue weighted by atomic mass is 10.0.